The van der Waals surface area contributed by atoms with Gasteiger partial charge in [-0.15, -0.1) is 6.58 Å². The molecule has 0 saturated heterocycles. The summed E-state index contributed by atoms with van der Waals surface area (Å²) in [4.78, 5) is 11.7. The minimum Gasteiger partial charge on any atom is -0.462 e. The van der Waals surface area contributed by atoms with E-state index in [0.29, 0.717) is 18.8 Å². The van der Waals surface area contributed by atoms with E-state index in [0.717, 1.165) is 12.8 Å². The molecule has 27 heavy (non-hydrogen) atoms. The van der Waals surface area contributed by atoms with Crippen molar-refractivity contribution in [2.75, 3.05) is 19.8 Å². The van der Waals surface area contributed by atoms with E-state index in [1.807, 2.05) is 0 Å². The molecule has 0 aromatic rings. The van der Waals surface area contributed by atoms with Crippen molar-refractivity contribution >= 4 is 5.97 Å². The summed E-state index contributed by atoms with van der Waals surface area (Å²) in [6.07, 6.45) is 21.6. The second-order valence-corrected chi connectivity index (χ2v) is 7.49. The second kappa shape index (κ2) is 21.2. The minimum atomic E-state index is -0.343. The Balaban J connectivity index is 3.21. The summed E-state index contributed by atoms with van der Waals surface area (Å²) in [6.45, 7) is 10.6. The Hall–Kier alpha value is -1.09. The van der Waals surface area contributed by atoms with Crippen LogP contribution in [0.15, 0.2) is 24.8 Å². The van der Waals surface area contributed by atoms with Crippen LogP contribution >= 0.6 is 0 Å². The highest BCUT2D eigenvalue weighted by Gasteiger charge is 2.07. The van der Waals surface area contributed by atoms with Gasteiger partial charge in [0.25, 0.3) is 0 Å². The van der Waals surface area contributed by atoms with Crippen molar-refractivity contribution in [3.05, 3.63) is 24.8 Å². The van der Waals surface area contributed by atoms with Gasteiger partial charge < -0.3 is 9.47 Å². The predicted molar refractivity (Wildman–Crippen MR) is 116 cm³/mol. The van der Waals surface area contributed by atoms with Crippen molar-refractivity contribution in [3.63, 3.8) is 0 Å². The molecule has 0 fully saturated rings. The molecule has 0 aliphatic rings. The van der Waals surface area contributed by atoms with E-state index in [4.69, 9.17) is 9.47 Å². The summed E-state index contributed by atoms with van der Waals surface area (Å²) >= 11 is 0. The third kappa shape index (κ3) is 19.5. The lowest BCUT2D eigenvalue weighted by Crippen LogP contribution is -2.12. The van der Waals surface area contributed by atoms with Gasteiger partial charge >= 0.3 is 5.97 Å². The zero-order valence-corrected chi connectivity index (χ0v) is 17.9. The van der Waals surface area contributed by atoms with Crippen molar-refractivity contribution in [2.45, 2.75) is 103 Å². The van der Waals surface area contributed by atoms with E-state index < -0.39 is 0 Å². The molecular formula is C24H44O3. The maximum absolute atomic E-state index is 11.7. The Bertz CT molecular complexity index is 363. The lowest BCUT2D eigenvalue weighted by Gasteiger charge is -2.07. The van der Waals surface area contributed by atoms with E-state index in [-0.39, 0.29) is 12.6 Å². The van der Waals surface area contributed by atoms with Crippen LogP contribution in [0.4, 0.5) is 0 Å². The van der Waals surface area contributed by atoms with E-state index in [1.54, 1.807) is 6.08 Å². The number of hydrogen-bond acceptors (Lipinski definition) is 3. The molecule has 0 N–H and O–H groups in total. The van der Waals surface area contributed by atoms with Crippen LogP contribution in [0.5, 0.6) is 0 Å². The first-order chi connectivity index (χ1) is 13.2. The van der Waals surface area contributed by atoms with Crippen molar-refractivity contribution in [1.82, 2.24) is 0 Å². The summed E-state index contributed by atoms with van der Waals surface area (Å²) in [6, 6.07) is 0. The molecule has 3 nitrogen and oxygen atoms in total. The van der Waals surface area contributed by atoms with Gasteiger partial charge in [0, 0.05) is 0 Å². The van der Waals surface area contributed by atoms with E-state index in [9.17, 15) is 4.79 Å². The van der Waals surface area contributed by atoms with Crippen LogP contribution in [0.1, 0.15) is 103 Å². The smallest absolute Gasteiger partial charge is 0.335 e. The van der Waals surface area contributed by atoms with Crippen LogP contribution in [0.3, 0.4) is 0 Å². The van der Waals surface area contributed by atoms with Crippen LogP contribution < -0.4 is 0 Å². The van der Waals surface area contributed by atoms with Gasteiger partial charge in [0.2, 0.25) is 0 Å². The Kier molecular flexibility index (Phi) is 20.4. The first-order valence-electron chi connectivity index (χ1n) is 11.3. The van der Waals surface area contributed by atoms with Gasteiger partial charge in [0.1, 0.15) is 0 Å². The zero-order chi connectivity index (χ0) is 20.0. The van der Waals surface area contributed by atoms with Crippen LogP contribution in [0, 0.1) is 0 Å². The summed E-state index contributed by atoms with van der Waals surface area (Å²) in [5, 5.41) is 0. The molecule has 0 aliphatic heterocycles. The quantitative estimate of drug-likeness (QED) is 0.0917. The average Bonchev–Trinajstić information content (AvgIpc) is 2.67. The minimum absolute atomic E-state index is 0.212. The number of unbranched alkanes of at least 4 members (excludes halogenated alkanes) is 14. The maximum Gasteiger partial charge on any atom is 0.335 e. The largest absolute Gasteiger partial charge is 0.462 e. The van der Waals surface area contributed by atoms with E-state index >= 15 is 0 Å². The molecule has 0 saturated carbocycles. The fourth-order valence-electron chi connectivity index (χ4n) is 3.06. The summed E-state index contributed by atoms with van der Waals surface area (Å²) in [7, 11) is 0. The maximum atomic E-state index is 11.7. The van der Waals surface area contributed by atoms with Gasteiger partial charge in [-0.1, -0.05) is 109 Å². The average molecular weight is 381 g/mol. The lowest BCUT2D eigenvalue weighted by molar-refractivity contribution is -0.139. The fraction of sp³-hybridized carbons (Fsp3) is 0.792. The zero-order valence-electron chi connectivity index (χ0n) is 17.9. The van der Waals surface area contributed by atoms with Crippen molar-refractivity contribution in [1.29, 1.82) is 0 Å². The number of ether oxygens (including phenoxy) is 2. The molecule has 0 aromatic heterocycles. The standard InChI is InChI=1S/C24H44O3/c1-4-6-7-8-9-10-11-12-13-14-15-16-17-18-19-21-27-24(25)23(3)22-26-20-5-2/h5H,2-4,6-22H2,1H3. The monoisotopic (exact) mass is 380 g/mol. The third-order valence-electron chi connectivity index (χ3n) is 4.78. The number of carbonyl (C=O) groups excluding carboxylic acids is 1. The number of carbonyl (C=O) groups is 1. The summed E-state index contributed by atoms with van der Waals surface area (Å²) < 4.78 is 10.4. The topological polar surface area (TPSA) is 35.5 Å². The molecule has 0 amide bonds. The van der Waals surface area contributed by atoms with Gasteiger partial charge in [-0.05, 0) is 6.42 Å². The Morgan fingerprint density at radius 2 is 1.22 bits per heavy atom. The molecule has 0 bridgehead atoms. The molecule has 3 heteroatoms. The van der Waals surface area contributed by atoms with Crippen LogP contribution in [0.2, 0.25) is 0 Å². The van der Waals surface area contributed by atoms with Gasteiger partial charge in [-0.25, -0.2) is 4.79 Å². The van der Waals surface area contributed by atoms with Crippen molar-refractivity contribution in [2.24, 2.45) is 0 Å². The molecular weight excluding hydrogens is 336 g/mol. The molecule has 0 rings (SSSR count). The molecule has 0 unspecified atom stereocenters. The lowest BCUT2D eigenvalue weighted by atomic mass is 10.0. The Labute approximate surface area is 168 Å². The van der Waals surface area contributed by atoms with E-state index in [1.165, 1.54) is 83.5 Å². The predicted octanol–water partition coefficient (Wildman–Crippen LogP) is 7.16. The van der Waals surface area contributed by atoms with Crippen molar-refractivity contribution in [3.8, 4) is 0 Å². The van der Waals surface area contributed by atoms with Gasteiger partial charge in [0.15, 0.2) is 0 Å². The summed E-state index contributed by atoms with van der Waals surface area (Å²) in [5.41, 5.74) is 0.373. The van der Waals surface area contributed by atoms with Gasteiger partial charge in [0.05, 0.1) is 25.4 Å². The molecule has 0 aliphatic carbocycles. The third-order valence-corrected chi connectivity index (χ3v) is 4.78. The molecule has 0 atom stereocenters. The van der Waals surface area contributed by atoms with Crippen LogP contribution in [0.25, 0.3) is 0 Å². The Morgan fingerprint density at radius 1 is 0.778 bits per heavy atom. The normalized spacial score (nSPS) is 10.7. The number of rotatable bonds is 21. The van der Waals surface area contributed by atoms with Crippen LogP contribution in [-0.2, 0) is 14.3 Å². The number of esters is 1. The SMILES string of the molecule is C=CCOCC(=C)C(=O)OCCCCCCCCCCCCCCCCC. The van der Waals surface area contributed by atoms with E-state index in [2.05, 4.69) is 20.1 Å². The highest BCUT2D eigenvalue weighted by Crippen LogP contribution is 2.13. The molecule has 158 valence electrons. The first kappa shape index (κ1) is 25.9. The van der Waals surface area contributed by atoms with Gasteiger partial charge in [-0.3, -0.25) is 0 Å². The summed E-state index contributed by atoms with van der Waals surface area (Å²) in [5.74, 6) is -0.343. The molecule has 0 spiro atoms. The Morgan fingerprint density at radius 3 is 1.67 bits per heavy atom. The fourth-order valence-corrected chi connectivity index (χ4v) is 3.06. The second-order valence-electron chi connectivity index (χ2n) is 7.49. The highest BCUT2D eigenvalue weighted by atomic mass is 16.5. The highest BCUT2D eigenvalue weighted by molar-refractivity contribution is 5.87. The molecule has 0 heterocycles. The van der Waals surface area contributed by atoms with Gasteiger partial charge in [-0.2, -0.15) is 0 Å². The number of hydrogen-bond donors (Lipinski definition) is 0. The molecule has 0 aromatic carbocycles. The van der Waals surface area contributed by atoms with Crippen molar-refractivity contribution < 1.29 is 14.3 Å². The molecule has 0 radical (unpaired) electrons. The van der Waals surface area contributed by atoms with Crippen LogP contribution in [-0.4, -0.2) is 25.8 Å². The first-order valence-corrected chi connectivity index (χ1v) is 11.3.